The van der Waals surface area contributed by atoms with Gasteiger partial charge in [0.1, 0.15) is 6.10 Å². The molecule has 0 aromatic carbocycles. The Morgan fingerprint density at radius 1 is 1.47 bits per heavy atom. The lowest BCUT2D eigenvalue weighted by Crippen LogP contribution is -2.31. The highest BCUT2D eigenvalue weighted by Crippen LogP contribution is 2.18. The van der Waals surface area contributed by atoms with Crippen molar-refractivity contribution >= 4 is 0 Å². The minimum absolute atomic E-state index is 0.134. The first kappa shape index (κ1) is 9.88. The second-order valence-electron chi connectivity index (χ2n) is 3.15. The van der Waals surface area contributed by atoms with E-state index in [1.54, 1.807) is 12.2 Å². The quantitative estimate of drug-likeness (QED) is 0.612. The number of nitrogens with one attached hydrogen (secondary N) is 1. The van der Waals surface area contributed by atoms with Gasteiger partial charge < -0.3 is 9.84 Å². The first-order chi connectivity index (χ1) is 7.20. The van der Waals surface area contributed by atoms with Crippen molar-refractivity contribution < 1.29 is 9.84 Å². The Labute approximate surface area is 84.4 Å². The molecule has 0 amide bonds. The van der Waals surface area contributed by atoms with Gasteiger partial charge in [-0.3, -0.25) is 14.3 Å². The molecule has 80 valence electrons. The monoisotopic (exact) mass is 210 g/mol. The average Bonchev–Trinajstić information content (AvgIpc) is 2.66. The van der Waals surface area contributed by atoms with Crippen molar-refractivity contribution in [3.63, 3.8) is 0 Å². The third-order valence-corrected chi connectivity index (χ3v) is 2.11. The molecule has 0 aliphatic carbocycles. The zero-order valence-electron chi connectivity index (χ0n) is 7.79. The van der Waals surface area contributed by atoms with Crippen molar-refractivity contribution in [1.29, 1.82) is 0 Å². The Kier molecular flexibility index (Phi) is 2.53. The van der Waals surface area contributed by atoms with E-state index in [0.717, 1.165) is 0 Å². The molecule has 0 saturated heterocycles. The number of hydrogen-bond donors (Lipinski definition) is 2. The number of aromatic amines is 1. The molecule has 15 heavy (non-hydrogen) atoms. The van der Waals surface area contributed by atoms with Gasteiger partial charge in [0.25, 0.3) is 5.56 Å². The van der Waals surface area contributed by atoms with E-state index in [-0.39, 0.29) is 6.61 Å². The van der Waals surface area contributed by atoms with Crippen molar-refractivity contribution in [2.24, 2.45) is 0 Å². The van der Waals surface area contributed by atoms with Gasteiger partial charge in [-0.2, -0.15) is 0 Å². The lowest BCUT2D eigenvalue weighted by atomic mass is 10.4. The number of rotatable bonds is 2. The highest BCUT2D eigenvalue weighted by atomic mass is 16.5. The lowest BCUT2D eigenvalue weighted by Gasteiger charge is -2.13. The Bertz CT molecular complexity index is 487. The number of aromatic nitrogens is 2. The van der Waals surface area contributed by atoms with E-state index >= 15 is 0 Å². The second kappa shape index (κ2) is 3.84. The first-order valence-electron chi connectivity index (χ1n) is 4.47. The van der Waals surface area contributed by atoms with Gasteiger partial charge in [-0.05, 0) is 6.08 Å². The Morgan fingerprint density at radius 3 is 2.87 bits per heavy atom. The van der Waals surface area contributed by atoms with Crippen LogP contribution in [-0.4, -0.2) is 27.4 Å². The van der Waals surface area contributed by atoms with Crippen LogP contribution in [0.4, 0.5) is 0 Å². The molecule has 0 radical (unpaired) electrons. The van der Waals surface area contributed by atoms with E-state index in [1.807, 2.05) is 0 Å². The largest absolute Gasteiger partial charge is 0.393 e. The van der Waals surface area contributed by atoms with Gasteiger partial charge in [-0.15, -0.1) is 0 Å². The van der Waals surface area contributed by atoms with Gasteiger partial charge in [-0.25, -0.2) is 4.79 Å². The predicted octanol–water partition coefficient (Wildman–Crippen LogP) is -1.02. The molecular weight excluding hydrogens is 200 g/mol. The second-order valence-corrected chi connectivity index (χ2v) is 3.15. The Hall–Kier alpha value is -1.66. The van der Waals surface area contributed by atoms with Gasteiger partial charge in [0.2, 0.25) is 0 Å². The normalized spacial score (nSPS) is 24.6. The van der Waals surface area contributed by atoms with Crippen LogP contribution >= 0.6 is 0 Å². The highest BCUT2D eigenvalue weighted by molar-refractivity contribution is 5.01. The molecule has 6 nitrogen and oxygen atoms in total. The SMILES string of the molecule is O=c1ccn([C@H]2C=C[C@@H](CO)O2)c(=O)[nH]1. The smallest absolute Gasteiger partial charge is 0.330 e. The third kappa shape index (κ3) is 1.90. The van der Waals surface area contributed by atoms with Gasteiger partial charge in [0, 0.05) is 12.3 Å². The van der Waals surface area contributed by atoms with Crippen LogP contribution in [0.1, 0.15) is 6.23 Å². The Morgan fingerprint density at radius 2 is 2.27 bits per heavy atom. The molecule has 1 aromatic rings. The summed E-state index contributed by atoms with van der Waals surface area (Å²) in [7, 11) is 0. The molecule has 0 bridgehead atoms. The number of H-pyrrole nitrogens is 1. The summed E-state index contributed by atoms with van der Waals surface area (Å²) in [4.78, 5) is 24.3. The molecule has 2 N–H and O–H groups in total. The molecule has 0 spiro atoms. The molecule has 2 atom stereocenters. The third-order valence-electron chi connectivity index (χ3n) is 2.11. The minimum Gasteiger partial charge on any atom is -0.393 e. The van der Waals surface area contributed by atoms with Crippen LogP contribution in [0.25, 0.3) is 0 Å². The van der Waals surface area contributed by atoms with E-state index in [1.165, 1.54) is 16.8 Å². The van der Waals surface area contributed by atoms with Crippen LogP contribution in [0.2, 0.25) is 0 Å². The summed E-state index contributed by atoms with van der Waals surface area (Å²) in [5.74, 6) is 0. The maximum absolute atomic E-state index is 11.4. The zero-order valence-corrected chi connectivity index (χ0v) is 7.79. The van der Waals surface area contributed by atoms with Gasteiger partial charge in [0.15, 0.2) is 6.23 Å². The molecule has 1 aliphatic heterocycles. The van der Waals surface area contributed by atoms with Crippen LogP contribution in [0.3, 0.4) is 0 Å². The molecule has 0 saturated carbocycles. The summed E-state index contributed by atoms with van der Waals surface area (Å²) in [6.07, 6.45) is 3.72. The van der Waals surface area contributed by atoms with Crippen molar-refractivity contribution in [1.82, 2.24) is 9.55 Å². The van der Waals surface area contributed by atoms with E-state index < -0.39 is 23.6 Å². The van der Waals surface area contributed by atoms with Crippen LogP contribution < -0.4 is 11.2 Å². The van der Waals surface area contributed by atoms with E-state index in [0.29, 0.717) is 0 Å². The summed E-state index contributed by atoms with van der Waals surface area (Å²) in [6.45, 7) is -0.134. The average molecular weight is 210 g/mol. The number of nitrogens with zero attached hydrogens (tertiary/aromatic N) is 1. The maximum Gasteiger partial charge on any atom is 0.330 e. The van der Waals surface area contributed by atoms with Crippen molar-refractivity contribution in [3.8, 4) is 0 Å². The summed E-state index contributed by atoms with van der Waals surface area (Å²) in [6, 6.07) is 1.24. The van der Waals surface area contributed by atoms with Crippen molar-refractivity contribution in [2.75, 3.05) is 6.61 Å². The fourth-order valence-corrected chi connectivity index (χ4v) is 1.38. The molecule has 2 rings (SSSR count). The Balaban J connectivity index is 2.29. The van der Waals surface area contributed by atoms with Crippen LogP contribution in [-0.2, 0) is 4.74 Å². The van der Waals surface area contributed by atoms with Crippen molar-refractivity contribution in [3.05, 3.63) is 45.3 Å². The van der Waals surface area contributed by atoms with Gasteiger partial charge >= 0.3 is 5.69 Å². The van der Waals surface area contributed by atoms with E-state index in [2.05, 4.69) is 4.98 Å². The fourth-order valence-electron chi connectivity index (χ4n) is 1.38. The fraction of sp³-hybridized carbons (Fsp3) is 0.333. The molecule has 2 heterocycles. The molecule has 0 unspecified atom stereocenters. The van der Waals surface area contributed by atoms with E-state index in [9.17, 15) is 9.59 Å². The molecular formula is C9H10N2O4. The number of hydrogen-bond acceptors (Lipinski definition) is 4. The topological polar surface area (TPSA) is 84.3 Å². The van der Waals surface area contributed by atoms with E-state index in [4.69, 9.17) is 9.84 Å². The number of aliphatic hydroxyl groups is 1. The standard InChI is InChI=1S/C9H10N2O4/c12-5-6-1-2-8(15-6)11-4-3-7(13)10-9(11)14/h1-4,6,8,12H,5H2,(H,10,13,14)/t6-,8+/m0/s1. The number of aliphatic hydroxyl groups excluding tert-OH is 1. The van der Waals surface area contributed by atoms with Gasteiger partial charge in [0.05, 0.1) is 6.61 Å². The maximum atomic E-state index is 11.4. The number of ether oxygens (including phenoxy) is 1. The zero-order chi connectivity index (χ0) is 10.8. The molecule has 1 aliphatic rings. The summed E-state index contributed by atoms with van der Waals surface area (Å²) < 4.78 is 6.54. The van der Waals surface area contributed by atoms with Crippen LogP contribution in [0, 0.1) is 0 Å². The van der Waals surface area contributed by atoms with Crippen molar-refractivity contribution in [2.45, 2.75) is 12.3 Å². The summed E-state index contributed by atoms with van der Waals surface area (Å²) in [5, 5.41) is 8.82. The summed E-state index contributed by atoms with van der Waals surface area (Å²) in [5.41, 5.74) is -0.979. The van der Waals surface area contributed by atoms with Gasteiger partial charge in [-0.1, -0.05) is 6.08 Å². The van der Waals surface area contributed by atoms with Crippen LogP contribution in [0.15, 0.2) is 34.0 Å². The predicted molar refractivity (Wildman–Crippen MR) is 51.5 cm³/mol. The highest BCUT2D eigenvalue weighted by Gasteiger charge is 2.20. The molecule has 1 aromatic heterocycles. The summed E-state index contributed by atoms with van der Waals surface area (Å²) >= 11 is 0. The first-order valence-corrected chi connectivity index (χ1v) is 4.47. The lowest BCUT2D eigenvalue weighted by molar-refractivity contribution is -0.0103. The molecule has 6 heteroatoms. The minimum atomic E-state index is -0.563. The molecule has 0 fully saturated rings. The van der Waals surface area contributed by atoms with Crippen LogP contribution in [0.5, 0.6) is 0 Å².